The lowest BCUT2D eigenvalue weighted by Gasteiger charge is -2.44. The van der Waals surface area contributed by atoms with Crippen molar-refractivity contribution in [1.82, 2.24) is 15.2 Å². The SMILES string of the molecule is COc1ccc([C@H](Cc2c(Cl)cncc2Cl)OC(=O)c2cccc(CCNC(C(=O)O[C@H]3CN4CCC3CC4)c3ccccc3F)c2)cc1OC. The molecule has 7 rings (SSSR count). The monoisotopic (exact) mass is 735 g/mol. The molecule has 268 valence electrons. The van der Waals surface area contributed by atoms with Gasteiger partial charge in [-0.25, -0.2) is 14.0 Å². The number of rotatable bonds is 14. The Kier molecular flexibility index (Phi) is 12.1. The van der Waals surface area contributed by atoms with Gasteiger partial charge in [-0.1, -0.05) is 59.6 Å². The third-order valence-electron chi connectivity index (χ3n) is 9.61. The molecule has 0 spiro atoms. The molecule has 3 aliphatic heterocycles. The van der Waals surface area contributed by atoms with Crippen LogP contribution < -0.4 is 14.8 Å². The number of nitrogens with one attached hydrogen (secondary N) is 1. The highest BCUT2D eigenvalue weighted by atomic mass is 35.5. The van der Waals surface area contributed by atoms with Crippen molar-refractivity contribution in [2.24, 2.45) is 5.92 Å². The fraction of sp³-hybridized carbons (Fsp3) is 0.359. The third kappa shape index (κ3) is 8.81. The van der Waals surface area contributed by atoms with Gasteiger partial charge in [0.05, 0.1) is 29.8 Å². The zero-order chi connectivity index (χ0) is 35.9. The van der Waals surface area contributed by atoms with Gasteiger partial charge in [-0.05, 0) is 85.3 Å². The summed E-state index contributed by atoms with van der Waals surface area (Å²) in [6.07, 6.45) is 4.60. The van der Waals surface area contributed by atoms with Crippen LogP contribution in [0.1, 0.15) is 57.6 Å². The summed E-state index contributed by atoms with van der Waals surface area (Å²) in [5, 5.41) is 3.92. The molecule has 3 aromatic carbocycles. The molecule has 0 amide bonds. The number of benzene rings is 3. The molecule has 1 N–H and O–H groups in total. The first-order chi connectivity index (χ1) is 24.7. The normalized spacial score (nSPS) is 19.2. The molecular formula is C39H40Cl2FN3O6. The second-order valence-corrected chi connectivity index (χ2v) is 13.6. The maximum Gasteiger partial charge on any atom is 0.338 e. The second kappa shape index (κ2) is 16.9. The van der Waals surface area contributed by atoms with Crippen LogP contribution >= 0.6 is 23.2 Å². The number of methoxy groups -OCH3 is 2. The smallest absolute Gasteiger partial charge is 0.338 e. The number of halogens is 3. The third-order valence-corrected chi connectivity index (χ3v) is 10.3. The highest BCUT2D eigenvalue weighted by Gasteiger charge is 2.38. The minimum atomic E-state index is -0.983. The Morgan fingerprint density at radius 3 is 2.39 bits per heavy atom. The van der Waals surface area contributed by atoms with Crippen molar-refractivity contribution in [3.05, 3.63) is 123 Å². The van der Waals surface area contributed by atoms with E-state index < -0.39 is 29.9 Å². The second-order valence-electron chi connectivity index (χ2n) is 12.8. The van der Waals surface area contributed by atoms with E-state index in [0.717, 1.165) is 31.5 Å². The van der Waals surface area contributed by atoms with E-state index >= 15 is 0 Å². The van der Waals surface area contributed by atoms with Gasteiger partial charge in [-0.3, -0.25) is 9.88 Å². The zero-order valence-electron chi connectivity index (χ0n) is 28.4. The molecule has 0 aliphatic carbocycles. The summed E-state index contributed by atoms with van der Waals surface area (Å²) >= 11 is 12.9. The summed E-state index contributed by atoms with van der Waals surface area (Å²) in [6, 6.07) is 17.6. The molecule has 12 heteroatoms. The lowest BCUT2D eigenvalue weighted by molar-refractivity contribution is -0.161. The molecule has 3 aliphatic rings. The van der Waals surface area contributed by atoms with Gasteiger partial charge >= 0.3 is 11.9 Å². The Labute approximate surface area is 307 Å². The zero-order valence-corrected chi connectivity index (χ0v) is 30.0. The maximum atomic E-state index is 15.0. The van der Waals surface area contributed by atoms with Crippen LogP contribution in [0.15, 0.2) is 79.1 Å². The average molecular weight is 737 g/mol. The number of pyridine rings is 1. The van der Waals surface area contributed by atoms with Crippen LogP contribution in [0.3, 0.4) is 0 Å². The van der Waals surface area contributed by atoms with E-state index in [2.05, 4.69) is 15.2 Å². The fourth-order valence-electron chi connectivity index (χ4n) is 6.80. The van der Waals surface area contributed by atoms with E-state index in [0.29, 0.717) is 63.7 Å². The van der Waals surface area contributed by atoms with Crippen LogP contribution in [0.4, 0.5) is 4.39 Å². The van der Waals surface area contributed by atoms with Gasteiger partial charge in [-0.15, -0.1) is 0 Å². The summed E-state index contributed by atoms with van der Waals surface area (Å²) in [5.74, 6) is -0.212. The van der Waals surface area contributed by atoms with Crippen LogP contribution in [0, 0.1) is 11.7 Å². The number of carbonyl (C=O) groups is 2. The number of carbonyl (C=O) groups excluding carboxylic acids is 2. The van der Waals surface area contributed by atoms with Crippen molar-refractivity contribution in [2.75, 3.05) is 40.4 Å². The number of hydrogen-bond donors (Lipinski definition) is 1. The van der Waals surface area contributed by atoms with E-state index in [1.165, 1.54) is 25.6 Å². The summed E-state index contributed by atoms with van der Waals surface area (Å²) < 4.78 is 38.0. The van der Waals surface area contributed by atoms with Crippen molar-refractivity contribution in [2.45, 2.75) is 43.9 Å². The largest absolute Gasteiger partial charge is 0.493 e. The summed E-state index contributed by atoms with van der Waals surface area (Å²) in [6.45, 7) is 3.06. The van der Waals surface area contributed by atoms with E-state index in [1.54, 1.807) is 61.7 Å². The quantitative estimate of drug-likeness (QED) is 0.135. The minimum Gasteiger partial charge on any atom is -0.493 e. The Bertz CT molecular complexity index is 1830. The highest BCUT2D eigenvalue weighted by molar-refractivity contribution is 6.35. The number of nitrogens with zero attached hydrogens (tertiary/aromatic N) is 2. The summed E-state index contributed by atoms with van der Waals surface area (Å²) in [4.78, 5) is 33.5. The first-order valence-corrected chi connectivity index (χ1v) is 17.7. The van der Waals surface area contributed by atoms with Gasteiger partial charge in [0.2, 0.25) is 0 Å². The number of hydrogen-bond acceptors (Lipinski definition) is 9. The van der Waals surface area contributed by atoms with E-state index in [1.807, 2.05) is 6.07 Å². The topological polar surface area (TPSA) is 99.2 Å². The van der Waals surface area contributed by atoms with Gasteiger partial charge in [0.1, 0.15) is 24.1 Å². The van der Waals surface area contributed by atoms with Crippen LogP contribution in [0.2, 0.25) is 10.0 Å². The van der Waals surface area contributed by atoms with E-state index in [-0.39, 0.29) is 18.1 Å². The molecule has 9 nitrogen and oxygen atoms in total. The Balaban J connectivity index is 1.16. The van der Waals surface area contributed by atoms with E-state index in [9.17, 15) is 14.0 Å². The average Bonchev–Trinajstić information content (AvgIpc) is 3.15. The molecule has 2 bridgehead atoms. The van der Waals surface area contributed by atoms with Crippen LogP contribution in [0.5, 0.6) is 11.5 Å². The molecule has 4 heterocycles. The van der Waals surface area contributed by atoms with Crippen LogP contribution in [-0.4, -0.2) is 68.3 Å². The first-order valence-electron chi connectivity index (χ1n) is 16.9. The molecule has 51 heavy (non-hydrogen) atoms. The highest BCUT2D eigenvalue weighted by Crippen LogP contribution is 2.36. The molecular weight excluding hydrogens is 696 g/mol. The summed E-state index contributed by atoms with van der Waals surface area (Å²) in [7, 11) is 3.07. The predicted octanol–water partition coefficient (Wildman–Crippen LogP) is 7.20. The van der Waals surface area contributed by atoms with Gasteiger partial charge in [-0.2, -0.15) is 0 Å². The Hall–Kier alpha value is -4.22. The predicted molar refractivity (Wildman–Crippen MR) is 192 cm³/mol. The molecule has 3 atom stereocenters. The molecule has 4 aromatic rings. The van der Waals surface area contributed by atoms with Crippen molar-refractivity contribution < 1.29 is 32.9 Å². The summed E-state index contributed by atoms with van der Waals surface area (Å²) in [5.41, 5.74) is 2.61. The number of aromatic nitrogens is 1. The first kappa shape index (κ1) is 36.6. The van der Waals surface area contributed by atoms with Crippen molar-refractivity contribution in [3.8, 4) is 11.5 Å². The van der Waals surface area contributed by atoms with Crippen molar-refractivity contribution in [3.63, 3.8) is 0 Å². The molecule has 1 aromatic heterocycles. The standard InChI is InChI=1S/C39H40Cl2FN3O6/c1-48-33-11-10-26(19-35(33)49-2)34(20-29-30(40)21-43-22-31(29)41)50-38(46)27-7-5-6-24(18-27)12-15-44-37(28-8-3-4-9-32(28)42)39(47)51-36-23-45-16-13-25(36)14-17-45/h3-11,18-19,21-22,25,34,36-37,44H,12-17,20,23H2,1-2H3/t34-,36-,37?/m0/s1. The number of fused-ring (bicyclic) bond motifs is 3. The van der Waals surface area contributed by atoms with Crippen LogP contribution in [-0.2, 0) is 27.1 Å². The molecule has 3 saturated heterocycles. The minimum absolute atomic E-state index is 0.179. The van der Waals surface area contributed by atoms with Crippen LogP contribution in [0.25, 0.3) is 0 Å². The molecule has 0 saturated carbocycles. The van der Waals surface area contributed by atoms with Crippen molar-refractivity contribution in [1.29, 1.82) is 0 Å². The number of piperidine rings is 3. The molecule has 1 unspecified atom stereocenters. The Morgan fingerprint density at radius 1 is 0.961 bits per heavy atom. The lowest BCUT2D eigenvalue weighted by Crippen LogP contribution is -2.52. The van der Waals surface area contributed by atoms with Gasteiger partial charge in [0.15, 0.2) is 11.5 Å². The number of ether oxygens (including phenoxy) is 4. The number of esters is 2. The van der Waals surface area contributed by atoms with Gasteiger partial charge in [0, 0.05) is 37.5 Å². The lowest BCUT2D eigenvalue weighted by atomic mass is 9.86. The molecule has 0 radical (unpaired) electrons. The van der Waals surface area contributed by atoms with Gasteiger partial charge in [0.25, 0.3) is 0 Å². The van der Waals surface area contributed by atoms with Crippen molar-refractivity contribution >= 4 is 35.1 Å². The Morgan fingerprint density at radius 2 is 1.71 bits per heavy atom. The van der Waals surface area contributed by atoms with Gasteiger partial charge < -0.3 is 24.3 Å². The molecule has 3 fully saturated rings. The maximum absolute atomic E-state index is 15.0. The van der Waals surface area contributed by atoms with E-state index in [4.69, 9.17) is 42.1 Å². The fourth-order valence-corrected chi connectivity index (χ4v) is 7.32.